The summed E-state index contributed by atoms with van der Waals surface area (Å²) in [6.07, 6.45) is 0. The summed E-state index contributed by atoms with van der Waals surface area (Å²) in [6.45, 7) is 5.33. The topological polar surface area (TPSA) is 63.7 Å². The summed E-state index contributed by atoms with van der Waals surface area (Å²) in [4.78, 5) is 11.6. The molecule has 0 unspecified atom stereocenters. The summed E-state index contributed by atoms with van der Waals surface area (Å²) in [5.74, 6) is -0.549. The molecule has 1 aromatic carbocycles. The Labute approximate surface area is 128 Å². The maximum Gasteiger partial charge on any atom is 0.321 e. The first kappa shape index (κ1) is 17.1. The summed E-state index contributed by atoms with van der Waals surface area (Å²) in [6, 6.07) is 4.77. The first-order valence-corrected chi connectivity index (χ1v) is 8.48. The third kappa shape index (κ3) is 4.04. The summed E-state index contributed by atoms with van der Waals surface area (Å²) in [5, 5.41) is 0. The fraction of sp³-hybridized carbons (Fsp3) is 0.462. The van der Waals surface area contributed by atoms with Gasteiger partial charge in [0.2, 0.25) is 10.0 Å². The average Bonchev–Trinajstić information content (AvgIpc) is 2.39. The van der Waals surface area contributed by atoms with Gasteiger partial charge in [-0.3, -0.25) is 4.79 Å². The summed E-state index contributed by atoms with van der Waals surface area (Å²) < 4.78 is 31.7. The van der Waals surface area contributed by atoms with E-state index in [0.29, 0.717) is 0 Å². The number of ether oxygens (including phenoxy) is 1. The van der Waals surface area contributed by atoms with E-state index in [4.69, 9.17) is 4.74 Å². The van der Waals surface area contributed by atoms with Crippen LogP contribution in [-0.4, -0.2) is 38.4 Å². The van der Waals surface area contributed by atoms with Crippen molar-refractivity contribution in [3.63, 3.8) is 0 Å². The van der Waals surface area contributed by atoms with Crippen LogP contribution in [0.5, 0.6) is 0 Å². The zero-order valence-electron chi connectivity index (χ0n) is 11.7. The van der Waals surface area contributed by atoms with Crippen molar-refractivity contribution in [1.82, 2.24) is 4.31 Å². The van der Waals surface area contributed by atoms with Crippen molar-refractivity contribution in [1.29, 1.82) is 0 Å². The van der Waals surface area contributed by atoms with E-state index >= 15 is 0 Å². The number of likely N-dealkylation sites (N-methyl/N-ethyl adjacent to an activating group) is 1. The van der Waals surface area contributed by atoms with Crippen LogP contribution in [0.15, 0.2) is 27.6 Å². The van der Waals surface area contributed by atoms with Gasteiger partial charge in [-0.15, -0.1) is 0 Å². The third-order valence-corrected chi connectivity index (χ3v) is 5.54. The molecule has 1 aromatic rings. The number of carbonyl (C=O) groups is 1. The van der Waals surface area contributed by atoms with Gasteiger partial charge in [0.05, 0.1) is 11.5 Å². The van der Waals surface area contributed by atoms with E-state index in [9.17, 15) is 13.2 Å². The van der Waals surface area contributed by atoms with Crippen LogP contribution >= 0.6 is 15.9 Å². The number of nitrogens with zero attached hydrogens (tertiary/aromatic N) is 1. The van der Waals surface area contributed by atoms with Gasteiger partial charge >= 0.3 is 5.97 Å². The van der Waals surface area contributed by atoms with Crippen molar-refractivity contribution in [3.8, 4) is 0 Å². The van der Waals surface area contributed by atoms with Gasteiger partial charge in [0.15, 0.2) is 0 Å². The Balaban J connectivity index is 3.05. The van der Waals surface area contributed by atoms with Crippen LogP contribution in [0.1, 0.15) is 19.4 Å². The molecule has 5 nitrogen and oxygen atoms in total. The van der Waals surface area contributed by atoms with Crippen molar-refractivity contribution in [3.05, 3.63) is 28.2 Å². The average molecular weight is 364 g/mol. The quantitative estimate of drug-likeness (QED) is 0.727. The Bertz CT molecular complexity index is 586. The number of hydrogen-bond acceptors (Lipinski definition) is 4. The smallest absolute Gasteiger partial charge is 0.321 e. The predicted octanol–water partition coefficient (Wildman–Crippen LogP) is 2.33. The second kappa shape index (κ2) is 7.19. The van der Waals surface area contributed by atoms with E-state index in [1.54, 1.807) is 26.0 Å². The van der Waals surface area contributed by atoms with E-state index < -0.39 is 16.0 Å². The molecule has 0 aliphatic heterocycles. The minimum atomic E-state index is -3.69. The maximum absolute atomic E-state index is 12.5. The number of esters is 1. The molecule has 0 aromatic heterocycles. The van der Waals surface area contributed by atoms with Crippen LogP contribution < -0.4 is 0 Å². The van der Waals surface area contributed by atoms with Crippen LogP contribution in [0.25, 0.3) is 0 Å². The van der Waals surface area contributed by atoms with Gasteiger partial charge in [0.25, 0.3) is 0 Å². The molecule has 20 heavy (non-hydrogen) atoms. The Morgan fingerprint density at radius 1 is 1.35 bits per heavy atom. The summed E-state index contributed by atoms with van der Waals surface area (Å²) in [5.41, 5.74) is 0.818. The van der Waals surface area contributed by atoms with Gasteiger partial charge in [0, 0.05) is 11.0 Å². The van der Waals surface area contributed by atoms with Gasteiger partial charge < -0.3 is 4.74 Å². The van der Waals surface area contributed by atoms with E-state index in [1.165, 1.54) is 6.07 Å². The zero-order valence-corrected chi connectivity index (χ0v) is 14.1. The highest BCUT2D eigenvalue weighted by atomic mass is 79.9. The lowest BCUT2D eigenvalue weighted by atomic mass is 10.2. The molecule has 0 aliphatic rings. The third-order valence-electron chi connectivity index (χ3n) is 2.73. The second-order valence-electron chi connectivity index (χ2n) is 4.15. The Hall–Kier alpha value is -0.920. The highest BCUT2D eigenvalue weighted by molar-refractivity contribution is 9.10. The first-order chi connectivity index (χ1) is 9.32. The fourth-order valence-corrected chi connectivity index (χ4v) is 3.37. The van der Waals surface area contributed by atoms with E-state index in [2.05, 4.69) is 15.9 Å². The number of halogens is 1. The van der Waals surface area contributed by atoms with Gasteiger partial charge in [-0.1, -0.05) is 22.9 Å². The monoisotopic (exact) mass is 363 g/mol. The van der Waals surface area contributed by atoms with E-state index in [0.717, 1.165) is 14.3 Å². The number of sulfonamides is 1. The van der Waals surface area contributed by atoms with Crippen LogP contribution in [-0.2, 0) is 19.6 Å². The van der Waals surface area contributed by atoms with Crippen LogP contribution in [0, 0.1) is 6.92 Å². The predicted molar refractivity (Wildman–Crippen MR) is 79.9 cm³/mol. The molecule has 0 aliphatic carbocycles. The highest BCUT2D eigenvalue weighted by Gasteiger charge is 2.26. The Morgan fingerprint density at radius 2 is 2.00 bits per heavy atom. The molecule has 0 radical (unpaired) electrons. The summed E-state index contributed by atoms with van der Waals surface area (Å²) in [7, 11) is -3.69. The van der Waals surface area contributed by atoms with Gasteiger partial charge in [-0.2, -0.15) is 4.31 Å². The lowest BCUT2D eigenvalue weighted by Gasteiger charge is -2.19. The van der Waals surface area contributed by atoms with Crippen LogP contribution in [0.2, 0.25) is 0 Å². The molecule has 0 bridgehead atoms. The van der Waals surface area contributed by atoms with Gasteiger partial charge in [-0.25, -0.2) is 8.42 Å². The molecular weight excluding hydrogens is 346 g/mol. The lowest BCUT2D eigenvalue weighted by Crippen LogP contribution is -2.36. The molecule has 0 saturated carbocycles. The van der Waals surface area contributed by atoms with Crippen molar-refractivity contribution < 1.29 is 17.9 Å². The fourth-order valence-electron chi connectivity index (χ4n) is 1.64. The molecule has 0 saturated heterocycles. The Morgan fingerprint density at radius 3 is 2.50 bits per heavy atom. The second-order valence-corrected chi connectivity index (χ2v) is 6.94. The van der Waals surface area contributed by atoms with Gasteiger partial charge in [-0.05, 0) is 37.6 Å². The molecule has 1 rings (SSSR count). The standard InChI is InChI=1S/C13H18BrNO4S/c1-4-15(9-13(16)19-5-2)20(17,18)11-6-7-12(14)10(3)8-11/h6-8H,4-5,9H2,1-3H3. The number of carbonyl (C=O) groups excluding carboxylic acids is 1. The van der Waals surface area contributed by atoms with Crippen molar-refractivity contribution in [2.75, 3.05) is 19.7 Å². The Kier molecular flexibility index (Phi) is 6.16. The summed E-state index contributed by atoms with van der Waals surface area (Å²) >= 11 is 3.33. The SMILES string of the molecule is CCOC(=O)CN(CC)S(=O)(=O)c1ccc(Br)c(C)c1. The highest BCUT2D eigenvalue weighted by Crippen LogP contribution is 2.22. The minimum Gasteiger partial charge on any atom is -0.465 e. The number of benzene rings is 1. The normalized spacial score (nSPS) is 11.7. The van der Waals surface area contributed by atoms with Crippen molar-refractivity contribution in [2.24, 2.45) is 0 Å². The number of hydrogen-bond donors (Lipinski definition) is 0. The van der Waals surface area contributed by atoms with Gasteiger partial charge in [0.1, 0.15) is 6.54 Å². The van der Waals surface area contributed by atoms with Crippen LogP contribution in [0.3, 0.4) is 0 Å². The molecule has 7 heteroatoms. The molecule has 0 spiro atoms. The lowest BCUT2D eigenvalue weighted by molar-refractivity contribution is -0.143. The zero-order chi connectivity index (χ0) is 15.3. The minimum absolute atomic E-state index is 0.171. The van der Waals surface area contributed by atoms with Crippen LogP contribution in [0.4, 0.5) is 0 Å². The van der Waals surface area contributed by atoms with Crippen molar-refractivity contribution in [2.45, 2.75) is 25.7 Å². The largest absolute Gasteiger partial charge is 0.465 e. The van der Waals surface area contributed by atoms with E-state index in [1.807, 2.05) is 6.92 Å². The molecule has 0 heterocycles. The molecule has 0 fully saturated rings. The molecule has 0 N–H and O–H groups in total. The number of aryl methyl sites for hydroxylation is 1. The first-order valence-electron chi connectivity index (χ1n) is 6.24. The van der Waals surface area contributed by atoms with E-state index in [-0.39, 0.29) is 24.6 Å². The van der Waals surface area contributed by atoms with Crippen molar-refractivity contribution >= 4 is 31.9 Å². The molecule has 0 atom stereocenters. The maximum atomic E-state index is 12.5. The molecule has 0 amide bonds. The number of rotatable bonds is 6. The molecule has 112 valence electrons. The molecular formula is C13H18BrNO4S.